The Bertz CT molecular complexity index is 637. The van der Waals surface area contributed by atoms with E-state index in [9.17, 15) is 4.79 Å². The number of benzene rings is 1. The number of carbonyl (C=O) groups is 1. The second-order valence-corrected chi connectivity index (χ2v) is 6.07. The Hall–Kier alpha value is -2.27. The molecule has 1 aliphatic rings. The van der Waals surface area contributed by atoms with E-state index in [1.165, 1.54) is 5.56 Å². The molecule has 1 N–H and O–H groups in total. The Morgan fingerprint density at radius 3 is 2.62 bits per heavy atom. The van der Waals surface area contributed by atoms with Crippen LogP contribution in [0.1, 0.15) is 48.7 Å². The Morgan fingerprint density at radius 2 is 1.92 bits per heavy atom. The summed E-state index contributed by atoms with van der Waals surface area (Å²) in [7, 11) is 0. The summed E-state index contributed by atoms with van der Waals surface area (Å²) in [5, 5.41) is 2.92. The van der Waals surface area contributed by atoms with Crippen molar-refractivity contribution in [1.29, 1.82) is 0 Å². The average Bonchev–Trinajstić information content (AvgIpc) is 2.67. The minimum atomic E-state index is 0.0215. The number of amides is 1. The fourth-order valence-corrected chi connectivity index (χ4v) is 2.76. The fraction of sp³-hybridized carbons (Fsp3) is 0.421. The maximum Gasteiger partial charge on any atom is 0.220 e. The van der Waals surface area contributed by atoms with Crippen molar-refractivity contribution in [2.75, 3.05) is 6.61 Å². The van der Waals surface area contributed by atoms with Crippen molar-refractivity contribution in [2.45, 2.75) is 44.8 Å². The standard InChI is InChI=1S/C19H23N3O2/c23-18(10-9-15-6-2-1-3-7-15)20-12-16-13-21-19(22-14-16)17-8-4-5-11-24-17/h1-3,6-7,13-14,17H,4-5,8-12H2,(H,20,23). The molecular weight excluding hydrogens is 302 g/mol. The number of carbonyl (C=O) groups excluding carboxylic acids is 1. The maximum absolute atomic E-state index is 11.9. The summed E-state index contributed by atoms with van der Waals surface area (Å²) in [6.07, 6.45) is 8.07. The molecule has 2 heterocycles. The van der Waals surface area contributed by atoms with Gasteiger partial charge in [-0.05, 0) is 31.2 Å². The van der Waals surface area contributed by atoms with Crippen LogP contribution in [0, 0.1) is 0 Å². The summed E-state index contributed by atoms with van der Waals surface area (Å²) in [5.41, 5.74) is 2.08. The number of nitrogens with one attached hydrogen (secondary N) is 1. The van der Waals surface area contributed by atoms with Crippen molar-refractivity contribution in [2.24, 2.45) is 0 Å². The normalized spacial score (nSPS) is 17.4. The van der Waals surface area contributed by atoms with Crippen LogP contribution in [0.4, 0.5) is 0 Å². The summed E-state index contributed by atoms with van der Waals surface area (Å²) >= 11 is 0. The van der Waals surface area contributed by atoms with Gasteiger partial charge in [-0.15, -0.1) is 0 Å². The van der Waals surface area contributed by atoms with Crippen LogP contribution < -0.4 is 5.32 Å². The van der Waals surface area contributed by atoms with Crippen LogP contribution in [-0.2, 0) is 22.5 Å². The lowest BCUT2D eigenvalue weighted by Crippen LogP contribution is -2.23. The summed E-state index contributed by atoms with van der Waals surface area (Å²) in [6.45, 7) is 1.24. The molecule has 5 heteroatoms. The Morgan fingerprint density at radius 1 is 1.12 bits per heavy atom. The van der Waals surface area contributed by atoms with Crippen molar-refractivity contribution >= 4 is 5.91 Å². The van der Waals surface area contributed by atoms with Gasteiger partial charge in [-0.25, -0.2) is 9.97 Å². The van der Waals surface area contributed by atoms with E-state index in [-0.39, 0.29) is 12.0 Å². The predicted molar refractivity (Wildman–Crippen MR) is 91.2 cm³/mol. The highest BCUT2D eigenvalue weighted by molar-refractivity contribution is 5.76. The van der Waals surface area contributed by atoms with Crippen LogP contribution in [-0.4, -0.2) is 22.5 Å². The first kappa shape index (κ1) is 16.6. The average molecular weight is 325 g/mol. The molecule has 1 aromatic heterocycles. The van der Waals surface area contributed by atoms with Crippen molar-refractivity contribution in [3.05, 3.63) is 59.7 Å². The lowest BCUT2D eigenvalue weighted by Gasteiger charge is -2.21. The smallest absolute Gasteiger partial charge is 0.220 e. The van der Waals surface area contributed by atoms with Crippen LogP contribution in [0.2, 0.25) is 0 Å². The maximum atomic E-state index is 11.9. The fourth-order valence-electron chi connectivity index (χ4n) is 2.76. The highest BCUT2D eigenvalue weighted by Gasteiger charge is 2.18. The molecular formula is C19H23N3O2. The quantitative estimate of drug-likeness (QED) is 0.887. The lowest BCUT2D eigenvalue weighted by atomic mass is 10.1. The van der Waals surface area contributed by atoms with Gasteiger partial charge in [0.2, 0.25) is 5.91 Å². The van der Waals surface area contributed by atoms with Gasteiger partial charge < -0.3 is 10.1 Å². The summed E-state index contributed by atoms with van der Waals surface area (Å²) < 4.78 is 5.68. The van der Waals surface area contributed by atoms with Crippen molar-refractivity contribution < 1.29 is 9.53 Å². The van der Waals surface area contributed by atoms with Crippen LogP contribution >= 0.6 is 0 Å². The number of nitrogens with zero attached hydrogens (tertiary/aromatic N) is 2. The van der Waals surface area contributed by atoms with Gasteiger partial charge in [-0.1, -0.05) is 30.3 Å². The second-order valence-electron chi connectivity index (χ2n) is 6.07. The largest absolute Gasteiger partial charge is 0.370 e. The summed E-state index contributed by atoms with van der Waals surface area (Å²) in [5.74, 6) is 0.785. The lowest BCUT2D eigenvalue weighted by molar-refractivity contribution is -0.121. The van der Waals surface area contributed by atoms with E-state index in [1.54, 1.807) is 12.4 Å². The highest BCUT2D eigenvalue weighted by atomic mass is 16.5. The molecule has 0 saturated carbocycles. The number of aromatic nitrogens is 2. The summed E-state index contributed by atoms with van der Waals surface area (Å²) in [6, 6.07) is 10.0. The van der Waals surface area contributed by atoms with Crippen LogP contribution in [0.25, 0.3) is 0 Å². The third kappa shape index (κ3) is 4.86. The van der Waals surface area contributed by atoms with Gasteiger partial charge in [-0.3, -0.25) is 4.79 Å². The number of ether oxygens (including phenoxy) is 1. The van der Waals surface area contributed by atoms with E-state index in [2.05, 4.69) is 15.3 Å². The van der Waals surface area contributed by atoms with Crippen LogP contribution in [0.5, 0.6) is 0 Å². The molecule has 0 spiro atoms. The van der Waals surface area contributed by atoms with Gasteiger partial charge in [-0.2, -0.15) is 0 Å². The number of hydrogen-bond donors (Lipinski definition) is 1. The third-order valence-corrected chi connectivity index (χ3v) is 4.17. The number of aryl methyl sites for hydroxylation is 1. The Balaban J connectivity index is 1.43. The molecule has 3 rings (SSSR count). The second kappa shape index (κ2) is 8.55. The minimum absolute atomic E-state index is 0.0215. The third-order valence-electron chi connectivity index (χ3n) is 4.17. The van der Waals surface area contributed by atoms with E-state index in [4.69, 9.17) is 4.74 Å². The van der Waals surface area contributed by atoms with E-state index < -0.39 is 0 Å². The molecule has 0 radical (unpaired) electrons. The zero-order chi connectivity index (χ0) is 16.6. The molecule has 1 aromatic carbocycles. The topological polar surface area (TPSA) is 64.1 Å². The molecule has 126 valence electrons. The first-order valence-corrected chi connectivity index (χ1v) is 8.54. The monoisotopic (exact) mass is 325 g/mol. The molecule has 0 bridgehead atoms. The van der Waals surface area contributed by atoms with Gasteiger partial charge in [0.1, 0.15) is 6.10 Å². The van der Waals surface area contributed by atoms with Crippen LogP contribution in [0.3, 0.4) is 0 Å². The number of rotatable bonds is 6. The zero-order valence-electron chi connectivity index (χ0n) is 13.8. The molecule has 2 aromatic rings. The van der Waals surface area contributed by atoms with Crippen molar-refractivity contribution in [3.8, 4) is 0 Å². The van der Waals surface area contributed by atoms with E-state index in [1.807, 2.05) is 30.3 Å². The van der Waals surface area contributed by atoms with Crippen LogP contribution in [0.15, 0.2) is 42.7 Å². The van der Waals surface area contributed by atoms with E-state index in [0.29, 0.717) is 13.0 Å². The molecule has 1 amide bonds. The molecule has 1 unspecified atom stereocenters. The van der Waals surface area contributed by atoms with Crippen molar-refractivity contribution in [1.82, 2.24) is 15.3 Å². The van der Waals surface area contributed by atoms with Gasteiger partial charge >= 0.3 is 0 Å². The Kier molecular flexibility index (Phi) is 5.90. The zero-order valence-corrected chi connectivity index (χ0v) is 13.8. The molecule has 5 nitrogen and oxygen atoms in total. The SMILES string of the molecule is O=C(CCc1ccccc1)NCc1cnc(C2CCCCO2)nc1. The Labute approximate surface area is 142 Å². The van der Waals surface area contributed by atoms with E-state index >= 15 is 0 Å². The number of hydrogen-bond acceptors (Lipinski definition) is 4. The first-order valence-electron chi connectivity index (χ1n) is 8.54. The minimum Gasteiger partial charge on any atom is -0.370 e. The van der Waals surface area contributed by atoms with Gasteiger partial charge in [0, 0.05) is 37.5 Å². The summed E-state index contributed by atoms with van der Waals surface area (Å²) in [4.78, 5) is 20.7. The molecule has 1 atom stereocenters. The molecule has 1 fully saturated rings. The predicted octanol–water partition coefficient (Wildman–Crippen LogP) is 2.97. The first-order chi connectivity index (χ1) is 11.8. The van der Waals surface area contributed by atoms with Gasteiger partial charge in [0.05, 0.1) is 0 Å². The molecule has 24 heavy (non-hydrogen) atoms. The van der Waals surface area contributed by atoms with Gasteiger partial charge in [0.25, 0.3) is 0 Å². The highest BCUT2D eigenvalue weighted by Crippen LogP contribution is 2.24. The molecule has 1 aliphatic heterocycles. The molecule has 0 aliphatic carbocycles. The van der Waals surface area contributed by atoms with Crippen molar-refractivity contribution in [3.63, 3.8) is 0 Å². The van der Waals surface area contributed by atoms with Gasteiger partial charge in [0.15, 0.2) is 5.82 Å². The van der Waals surface area contributed by atoms with E-state index in [0.717, 1.165) is 43.7 Å². The molecule has 1 saturated heterocycles.